The second-order valence-corrected chi connectivity index (χ2v) is 4.86. The number of aromatic nitrogens is 1. The lowest BCUT2D eigenvalue weighted by Gasteiger charge is -2.07. The molecule has 0 atom stereocenters. The van der Waals surface area contributed by atoms with Gasteiger partial charge in [0.2, 0.25) is 5.91 Å². The number of oxazole rings is 1. The van der Waals surface area contributed by atoms with Gasteiger partial charge in [0.25, 0.3) is 6.01 Å². The number of rotatable bonds is 6. The number of benzene rings is 1. The number of hydrogen-bond donors (Lipinski definition) is 2. The first-order chi connectivity index (χ1) is 9.15. The molecule has 5 nitrogen and oxygen atoms in total. The Morgan fingerprint density at radius 3 is 2.89 bits per heavy atom. The van der Waals surface area contributed by atoms with Gasteiger partial charge >= 0.3 is 0 Å². The first kappa shape index (κ1) is 13.4. The van der Waals surface area contributed by atoms with E-state index in [2.05, 4.69) is 29.5 Å². The molecule has 0 saturated heterocycles. The number of carbonyl (C=O) groups is 1. The fourth-order valence-corrected chi connectivity index (χ4v) is 1.64. The highest BCUT2D eigenvalue weighted by molar-refractivity contribution is 5.76. The third kappa shape index (κ3) is 3.98. The second-order valence-electron chi connectivity index (χ2n) is 4.86. The van der Waals surface area contributed by atoms with Gasteiger partial charge in [-0.1, -0.05) is 26.0 Å². The summed E-state index contributed by atoms with van der Waals surface area (Å²) in [7, 11) is 0. The molecule has 0 aliphatic heterocycles. The van der Waals surface area contributed by atoms with Gasteiger partial charge in [0.15, 0.2) is 5.58 Å². The van der Waals surface area contributed by atoms with Crippen molar-refractivity contribution >= 4 is 23.0 Å². The summed E-state index contributed by atoms with van der Waals surface area (Å²) in [5, 5.41) is 5.88. The highest BCUT2D eigenvalue weighted by Gasteiger charge is 2.06. The molecule has 1 heterocycles. The molecule has 2 aromatic rings. The predicted molar refractivity (Wildman–Crippen MR) is 75.0 cm³/mol. The van der Waals surface area contributed by atoms with Gasteiger partial charge in [0.1, 0.15) is 5.52 Å². The lowest BCUT2D eigenvalue weighted by molar-refractivity contribution is -0.120. The van der Waals surface area contributed by atoms with Gasteiger partial charge in [-0.15, -0.1) is 0 Å². The molecular formula is C14H19N3O2. The quantitative estimate of drug-likeness (QED) is 0.838. The highest BCUT2D eigenvalue weighted by atomic mass is 16.4. The average Bonchev–Trinajstić information content (AvgIpc) is 2.79. The minimum Gasteiger partial charge on any atom is -0.424 e. The molecule has 2 rings (SSSR count). The van der Waals surface area contributed by atoms with E-state index in [1.165, 1.54) is 0 Å². The van der Waals surface area contributed by atoms with Gasteiger partial charge in [-0.3, -0.25) is 4.79 Å². The van der Waals surface area contributed by atoms with Crippen LogP contribution in [0.15, 0.2) is 28.7 Å². The molecule has 0 radical (unpaired) electrons. The summed E-state index contributed by atoms with van der Waals surface area (Å²) in [6, 6.07) is 8.02. The van der Waals surface area contributed by atoms with Gasteiger partial charge in [-0.05, 0) is 18.1 Å². The Kier molecular flexibility index (Phi) is 4.39. The Morgan fingerprint density at radius 2 is 2.16 bits per heavy atom. The van der Waals surface area contributed by atoms with E-state index in [-0.39, 0.29) is 5.91 Å². The van der Waals surface area contributed by atoms with E-state index >= 15 is 0 Å². The number of nitrogens with one attached hydrogen (secondary N) is 2. The van der Waals surface area contributed by atoms with E-state index in [4.69, 9.17) is 4.42 Å². The molecule has 0 bridgehead atoms. The van der Waals surface area contributed by atoms with Gasteiger partial charge in [-0.25, -0.2) is 0 Å². The Balaban J connectivity index is 1.77. The van der Waals surface area contributed by atoms with E-state index in [0.29, 0.717) is 31.4 Å². The maximum atomic E-state index is 11.5. The summed E-state index contributed by atoms with van der Waals surface area (Å²) < 4.78 is 5.49. The maximum absolute atomic E-state index is 11.5. The van der Waals surface area contributed by atoms with E-state index in [1.807, 2.05) is 24.3 Å². The summed E-state index contributed by atoms with van der Waals surface area (Å²) in [5.41, 5.74) is 1.56. The molecule has 5 heteroatoms. The molecule has 0 aliphatic carbocycles. The fraction of sp³-hybridized carbons (Fsp3) is 0.429. The van der Waals surface area contributed by atoms with Crippen LogP contribution >= 0.6 is 0 Å². The molecular weight excluding hydrogens is 242 g/mol. The van der Waals surface area contributed by atoms with Crippen molar-refractivity contribution in [3.8, 4) is 0 Å². The van der Waals surface area contributed by atoms with E-state index < -0.39 is 0 Å². The van der Waals surface area contributed by atoms with Crippen LogP contribution < -0.4 is 10.6 Å². The zero-order valence-electron chi connectivity index (χ0n) is 11.3. The number of anilines is 1. The first-order valence-electron chi connectivity index (χ1n) is 6.51. The molecule has 1 amide bonds. The van der Waals surface area contributed by atoms with Crippen LogP contribution in [0.25, 0.3) is 11.1 Å². The highest BCUT2D eigenvalue weighted by Crippen LogP contribution is 2.17. The van der Waals surface area contributed by atoms with Crippen molar-refractivity contribution in [2.75, 3.05) is 18.4 Å². The van der Waals surface area contributed by atoms with Crippen LogP contribution in [0.5, 0.6) is 0 Å². The number of carbonyl (C=O) groups excluding carboxylic acids is 1. The van der Waals surface area contributed by atoms with Crippen LogP contribution in [0.4, 0.5) is 6.01 Å². The lowest BCUT2D eigenvalue weighted by Crippen LogP contribution is -2.28. The molecule has 1 aromatic heterocycles. The monoisotopic (exact) mass is 261 g/mol. The van der Waals surface area contributed by atoms with Gasteiger partial charge in [0.05, 0.1) is 0 Å². The molecule has 2 N–H and O–H groups in total. The van der Waals surface area contributed by atoms with Crippen LogP contribution in [-0.4, -0.2) is 24.0 Å². The van der Waals surface area contributed by atoms with Crippen LogP contribution in [-0.2, 0) is 4.79 Å². The summed E-state index contributed by atoms with van der Waals surface area (Å²) in [6.45, 7) is 5.35. The summed E-state index contributed by atoms with van der Waals surface area (Å²) in [6.07, 6.45) is 0.408. The molecule has 0 fully saturated rings. The summed E-state index contributed by atoms with van der Waals surface area (Å²) in [5.74, 6) is 0.506. The zero-order chi connectivity index (χ0) is 13.7. The fourth-order valence-electron chi connectivity index (χ4n) is 1.64. The lowest BCUT2D eigenvalue weighted by atomic mass is 10.2. The Hall–Kier alpha value is -2.04. The average molecular weight is 261 g/mol. The predicted octanol–water partition coefficient (Wildman–Crippen LogP) is 2.40. The van der Waals surface area contributed by atoms with Crippen LogP contribution in [0.1, 0.15) is 20.3 Å². The van der Waals surface area contributed by atoms with Crippen molar-refractivity contribution in [2.24, 2.45) is 5.92 Å². The third-order valence-electron chi connectivity index (χ3n) is 2.63. The van der Waals surface area contributed by atoms with Crippen molar-refractivity contribution in [2.45, 2.75) is 20.3 Å². The van der Waals surface area contributed by atoms with Crippen molar-refractivity contribution in [1.29, 1.82) is 0 Å². The largest absolute Gasteiger partial charge is 0.424 e. The van der Waals surface area contributed by atoms with Crippen LogP contribution in [0, 0.1) is 5.92 Å². The van der Waals surface area contributed by atoms with E-state index in [9.17, 15) is 4.79 Å². The van der Waals surface area contributed by atoms with Crippen molar-refractivity contribution in [3.63, 3.8) is 0 Å². The number of amides is 1. The van der Waals surface area contributed by atoms with E-state index in [1.54, 1.807) is 0 Å². The minimum atomic E-state index is 0.0392. The van der Waals surface area contributed by atoms with Gasteiger partial charge in [-0.2, -0.15) is 4.98 Å². The molecule has 0 saturated carbocycles. The van der Waals surface area contributed by atoms with Crippen molar-refractivity contribution < 1.29 is 9.21 Å². The van der Waals surface area contributed by atoms with Gasteiger partial charge < -0.3 is 15.1 Å². The zero-order valence-corrected chi connectivity index (χ0v) is 11.3. The third-order valence-corrected chi connectivity index (χ3v) is 2.63. The molecule has 0 spiro atoms. The van der Waals surface area contributed by atoms with Crippen LogP contribution in [0.2, 0.25) is 0 Å². The Bertz CT molecular complexity index is 515. The SMILES string of the molecule is CC(C)CNC(=O)CCNc1nc2ccccc2o1. The van der Waals surface area contributed by atoms with Gasteiger partial charge in [0, 0.05) is 19.5 Å². The maximum Gasteiger partial charge on any atom is 0.295 e. The number of fused-ring (bicyclic) bond motifs is 1. The molecule has 102 valence electrons. The number of nitrogens with zero attached hydrogens (tertiary/aromatic N) is 1. The molecule has 19 heavy (non-hydrogen) atoms. The van der Waals surface area contributed by atoms with Crippen molar-refractivity contribution in [1.82, 2.24) is 10.3 Å². The molecule has 0 aliphatic rings. The van der Waals surface area contributed by atoms with Crippen LogP contribution in [0.3, 0.4) is 0 Å². The second kappa shape index (κ2) is 6.22. The standard InChI is InChI=1S/C14H19N3O2/c1-10(2)9-16-13(18)7-8-15-14-17-11-5-3-4-6-12(11)19-14/h3-6,10H,7-9H2,1-2H3,(H,15,17)(H,16,18). The molecule has 1 aromatic carbocycles. The minimum absolute atomic E-state index is 0.0392. The summed E-state index contributed by atoms with van der Waals surface area (Å²) in [4.78, 5) is 15.8. The molecule has 0 unspecified atom stereocenters. The van der Waals surface area contributed by atoms with Crippen molar-refractivity contribution in [3.05, 3.63) is 24.3 Å². The number of para-hydroxylation sites is 2. The number of hydrogen-bond acceptors (Lipinski definition) is 4. The Morgan fingerprint density at radius 1 is 1.37 bits per heavy atom. The summed E-state index contributed by atoms with van der Waals surface area (Å²) >= 11 is 0. The normalized spacial score (nSPS) is 10.9. The van der Waals surface area contributed by atoms with E-state index in [0.717, 1.165) is 11.1 Å². The first-order valence-corrected chi connectivity index (χ1v) is 6.51. The smallest absolute Gasteiger partial charge is 0.295 e. The topological polar surface area (TPSA) is 67.2 Å². The Labute approximate surface area is 112 Å².